The van der Waals surface area contributed by atoms with Crippen molar-refractivity contribution < 1.29 is 9.47 Å². The Balaban J connectivity index is 1.93. The summed E-state index contributed by atoms with van der Waals surface area (Å²) < 4.78 is 11.1. The van der Waals surface area contributed by atoms with Gasteiger partial charge >= 0.3 is 0 Å². The minimum absolute atomic E-state index is 0.271. The lowest BCUT2D eigenvalue weighted by atomic mass is 9.55. The summed E-state index contributed by atoms with van der Waals surface area (Å²) in [6, 6.07) is 1.01. The standard InChI is InChI=1S/C13H25NO2/c1-9(8-15-4)14-11-10-6-5-7-16-12(10)13(11,2)3/h9-12,14H,5-8H2,1-4H3. The van der Waals surface area contributed by atoms with Gasteiger partial charge < -0.3 is 14.8 Å². The molecule has 2 rings (SSSR count). The second-order valence-electron chi connectivity index (χ2n) is 5.92. The predicted octanol–water partition coefficient (Wildman–Crippen LogP) is 1.81. The molecule has 4 unspecified atom stereocenters. The summed E-state index contributed by atoms with van der Waals surface area (Å²) in [4.78, 5) is 0. The van der Waals surface area contributed by atoms with Crippen LogP contribution >= 0.6 is 0 Å². The lowest BCUT2D eigenvalue weighted by Crippen LogP contribution is -2.70. The molecule has 0 bridgehead atoms. The molecular weight excluding hydrogens is 202 g/mol. The molecule has 1 N–H and O–H groups in total. The van der Waals surface area contributed by atoms with Crippen molar-refractivity contribution in [1.29, 1.82) is 0 Å². The molecule has 0 aromatic rings. The van der Waals surface area contributed by atoms with Gasteiger partial charge in [0.1, 0.15) is 0 Å². The maximum Gasteiger partial charge on any atom is 0.0684 e. The Morgan fingerprint density at radius 1 is 1.50 bits per heavy atom. The molecule has 0 amide bonds. The zero-order valence-corrected chi connectivity index (χ0v) is 11.0. The fourth-order valence-corrected chi connectivity index (χ4v) is 3.47. The molecule has 2 aliphatic rings. The first kappa shape index (κ1) is 12.3. The highest BCUT2D eigenvalue weighted by Gasteiger charge is 2.57. The second kappa shape index (κ2) is 4.63. The SMILES string of the molecule is COCC(C)NC1C2CCCOC2C1(C)C. The molecule has 1 heterocycles. The maximum absolute atomic E-state index is 5.89. The van der Waals surface area contributed by atoms with Gasteiger partial charge in [-0.05, 0) is 19.8 Å². The topological polar surface area (TPSA) is 30.5 Å². The molecular formula is C13H25NO2. The molecule has 0 radical (unpaired) electrons. The number of nitrogens with one attached hydrogen (secondary N) is 1. The number of rotatable bonds is 4. The summed E-state index contributed by atoms with van der Waals surface area (Å²) in [7, 11) is 1.76. The van der Waals surface area contributed by atoms with Crippen LogP contribution in [0.1, 0.15) is 33.6 Å². The molecule has 1 aliphatic heterocycles. The lowest BCUT2D eigenvalue weighted by Gasteiger charge is -2.60. The van der Waals surface area contributed by atoms with Crippen molar-refractivity contribution in [2.24, 2.45) is 11.3 Å². The van der Waals surface area contributed by atoms with E-state index < -0.39 is 0 Å². The average Bonchev–Trinajstić information content (AvgIpc) is 2.26. The monoisotopic (exact) mass is 227 g/mol. The molecule has 1 aliphatic carbocycles. The van der Waals surface area contributed by atoms with Crippen LogP contribution in [0.5, 0.6) is 0 Å². The van der Waals surface area contributed by atoms with Gasteiger partial charge in [0.2, 0.25) is 0 Å². The van der Waals surface area contributed by atoms with Crippen molar-refractivity contribution in [3.63, 3.8) is 0 Å². The van der Waals surface area contributed by atoms with Gasteiger partial charge in [0, 0.05) is 37.1 Å². The molecule has 1 saturated carbocycles. The zero-order chi connectivity index (χ0) is 11.8. The molecule has 4 atom stereocenters. The first-order valence-corrected chi connectivity index (χ1v) is 6.44. The van der Waals surface area contributed by atoms with Crippen LogP contribution < -0.4 is 5.32 Å². The molecule has 1 saturated heterocycles. The van der Waals surface area contributed by atoms with Gasteiger partial charge in [-0.2, -0.15) is 0 Å². The highest BCUT2D eigenvalue weighted by Crippen LogP contribution is 2.51. The summed E-state index contributed by atoms with van der Waals surface area (Å²) in [5, 5.41) is 3.70. The van der Waals surface area contributed by atoms with Crippen LogP contribution in [-0.4, -0.2) is 38.5 Å². The lowest BCUT2D eigenvalue weighted by molar-refractivity contribution is -0.194. The van der Waals surface area contributed by atoms with Crippen molar-refractivity contribution in [2.75, 3.05) is 20.3 Å². The van der Waals surface area contributed by atoms with Gasteiger partial charge in [-0.25, -0.2) is 0 Å². The fourth-order valence-electron chi connectivity index (χ4n) is 3.47. The first-order valence-electron chi connectivity index (χ1n) is 6.44. The van der Waals surface area contributed by atoms with Crippen molar-refractivity contribution in [3.8, 4) is 0 Å². The Labute approximate surface area is 98.9 Å². The smallest absolute Gasteiger partial charge is 0.0684 e. The average molecular weight is 227 g/mol. The van der Waals surface area contributed by atoms with Gasteiger partial charge in [0.05, 0.1) is 12.7 Å². The molecule has 94 valence electrons. The first-order chi connectivity index (χ1) is 7.57. The third kappa shape index (κ3) is 2.01. The fraction of sp³-hybridized carbons (Fsp3) is 1.00. The number of methoxy groups -OCH3 is 1. The summed E-state index contributed by atoms with van der Waals surface area (Å²) in [6.45, 7) is 8.56. The molecule has 0 aromatic heterocycles. The highest BCUT2D eigenvalue weighted by atomic mass is 16.5. The van der Waals surface area contributed by atoms with Crippen molar-refractivity contribution in [1.82, 2.24) is 5.32 Å². The van der Waals surface area contributed by atoms with Gasteiger partial charge in [-0.3, -0.25) is 0 Å². The maximum atomic E-state index is 5.89. The Morgan fingerprint density at radius 2 is 2.25 bits per heavy atom. The number of ether oxygens (including phenoxy) is 2. The van der Waals surface area contributed by atoms with E-state index >= 15 is 0 Å². The van der Waals surface area contributed by atoms with E-state index in [2.05, 4.69) is 26.1 Å². The van der Waals surface area contributed by atoms with Crippen molar-refractivity contribution in [3.05, 3.63) is 0 Å². The van der Waals surface area contributed by atoms with Crippen LogP contribution in [0.15, 0.2) is 0 Å². The van der Waals surface area contributed by atoms with Crippen molar-refractivity contribution >= 4 is 0 Å². The van der Waals surface area contributed by atoms with Crippen LogP contribution in [0.2, 0.25) is 0 Å². The normalized spacial score (nSPS) is 38.6. The third-order valence-corrected chi connectivity index (χ3v) is 4.21. The molecule has 3 nitrogen and oxygen atoms in total. The highest BCUT2D eigenvalue weighted by molar-refractivity contribution is 5.10. The molecule has 2 fully saturated rings. The molecule has 16 heavy (non-hydrogen) atoms. The summed E-state index contributed by atoms with van der Waals surface area (Å²) in [5.74, 6) is 0.711. The second-order valence-corrected chi connectivity index (χ2v) is 5.92. The molecule has 0 spiro atoms. The van der Waals surface area contributed by atoms with Gasteiger partial charge in [0.15, 0.2) is 0 Å². The van der Waals surface area contributed by atoms with Crippen LogP contribution in [-0.2, 0) is 9.47 Å². The van der Waals surface area contributed by atoms with E-state index in [1.165, 1.54) is 12.8 Å². The molecule has 0 aromatic carbocycles. The quantitative estimate of drug-likeness (QED) is 0.794. The Kier molecular flexibility index (Phi) is 3.57. The van der Waals surface area contributed by atoms with E-state index in [9.17, 15) is 0 Å². The summed E-state index contributed by atoms with van der Waals surface area (Å²) >= 11 is 0. The zero-order valence-electron chi connectivity index (χ0n) is 11.0. The van der Waals surface area contributed by atoms with Gasteiger partial charge in [-0.1, -0.05) is 13.8 Å². The van der Waals surface area contributed by atoms with Gasteiger partial charge in [0.25, 0.3) is 0 Å². The largest absolute Gasteiger partial charge is 0.383 e. The summed E-state index contributed by atoms with van der Waals surface area (Å²) in [6.07, 6.45) is 2.99. The minimum atomic E-state index is 0.271. The number of fused-ring (bicyclic) bond motifs is 1. The Bertz CT molecular complexity index is 242. The van der Waals surface area contributed by atoms with Crippen LogP contribution in [0, 0.1) is 11.3 Å². The van der Waals surface area contributed by atoms with Crippen LogP contribution in [0.25, 0.3) is 0 Å². The van der Waals surface area contributed by atoms with E-state index in [4.69, 9.17) is 9.47 Å². The number of hydrogen-bond acceptors (Lipinski definition) is 3. The number of hydrogen-bond donors (Lipinski definition) is 1. The van der Waals surface area contributed by atoms with E-state index in [-0.39, 0.29) is 5.41 Å². The van der Waals surface area contributed by atoms with Crippen LogP contribution in [0.3, 0.4) is 0 Å². The predicted molar refractivity (Wildman–Crippen MR) is 64.5 cm³/mol. The van der Waals surface area contributed by atoms with E-state index in [1.807, 2.05) is 0 Å². The van der Waals surface area contributed by atoms with E-state index in [0.717, 1.165) is 13.2 Å². The third-order valence-electron chi connectivity index (χ3n) is 4.21. The minimum Gasteiger partial charge on any atom is -0.383 e. The summed E-state index contributed by atoms with van der Waals surface area (Å²) in [5.41, 5.74) is 0.271. The van der Waals surface area contributed by atoms with E-state index in [0.29, 0.717) is 24.1 Å². The Hall–Kier alpha value is -0.120. The Morgan fingerprint density at radius 3 is 2.94 bits per heavy atom. The molecule has 3 heteroatoms. The van der Waals surface area contributed by atoms with Gasteiger partial charge in [-0.15, -0.1) is 0 Å². The van der Waals surface area contributed by atoms with E-state index in [1.54, 1.807) is 7.11 Å². The van der Waals surface area contributed by atoms with Crippen molar-refractivity contribution in [2.45, 2.75) is 51.8 Å². The van der Waals surface area contributed by atoms with Crippen LogP contribution in [0.4, 0.5) is 0 Å².